The molecule has 5 aromatic rings. The highest BCUT2D eigenvalue weighted by molar-refractivity contribution is 7.91. The van der Waals surface area contributed by atoms with Gasteiger partial charge in [-0.3, -0.25) is 9.59 Å². The molecule has 13 heteroatoms. The Kier molecular flexibility index (Phi) is 8.82. The third-order valence-corrected chi connectivity index (χ3v) is 10.7. The van der Waals surface area contributed by atoms with Gasteiger partial charge in [0.1, 0.15) is 17.4 Å². The van der Waals surface area contributed by atoms with Gasteiger partial charge in [0.25, 0.3) is 0 Å². The molecule has 0 radical (unpaired) electrons. The van der Waals surface area contributed by atoms with E-state index in [-0.39, 0.29) is 72.2 Å². The summed E-state index contributed by atoms with van der Waals surface area (Å²) in [6.07, 6.45) is 3.18. The number of sulfone groups is 1. The van der Waals surface area contributed by atoms with Gasteiger partial charge in [-0.05, 0) is 55.2 Å². The molecule has 1 aliphatic rings. The molecule has 3 heterocycles. The quantitative estimate of drug-likeness (QED) is 0.219. The van der Waals surface area contributed by atoms with Crippen LogP contribution in [0.5, 0.6) is 11.5 Å². The normalized spacial score (nSPS) is 18.5. The molecule has 1 amide bonds. The molecule has 1 aliphatic heterocycles. The zero-order chi connectivity index (χ0) is 34.2. The first-order chi connectivity index (χ1) is 22.8. The van der Waals surface area contributed by atoms with Gasteiger partial charge >= 0.3 is 5.97 Å². The van der Waals surface area contributed by atoms with E-state index < -0.39 is 38.8 Å². The Bertz CT molecular complexity index is 2140. The molecule has 0 spiro atoms. The van der Waals surface area contributed by atoms with Crippen LogP contribution in [0.25, 0.3) is 22.3 Å². The van der Waals surface area contributed by atoms with Crippen molar-refractivity contribution in [1.29, 1.82) is 0 Å². The van der Waals surface area contributed by atoms with Gasteiger partial charge in [0, 0.05) is 66.0 Å². The number of hydrogen-bond acceptors (Lipinski definition) is 6. The summed E-state index contributed by atoms with van der Waals surface area (Å²) in [7, 11) is -2.21. The Labute approximate surface area is 275 Å². The number of aliphatic carboxylic acids is 1. The molecule has 4 bridgehead atoms. The van der Waals surface area contributed by atoms with Crippen LogP contribution in [0.3, 0.4) is 0 Å². The number of halogens is 2. The number of benzene rings is 3. The minimum Gasteiger partial charge on any atom is -0.481 e. The van der Waals surface area contributed by atoms with Crippen LogP contribution in [0.2, 0.25) is 0 Å². The monoisotopic (exact) mass is 676 g/mol. The van der Waals surface area contributed by atoms with Crippen LogP contribution in [-0.2, 0) is 37.7 Å². The fraction of sp³-hybridized carbons (Fsp3) is 0.286. The number of nitrogens with zero attached hydrogens (tertiary/aromatic N) is 2. The summed E-state index contributed by atoms with van der Waals surface area (Å²) in [4.78, 5) is 36.5. The van der Waals surface area contributed by atoms with E-state index in [4.69, 9.17) is 4.74 Å². The number of likely N-dealkylation sites (N-methyl/N-ethyl adjacent to an activating group) is 1. The van der Waals surface area contributed by atoms with Crippen LogP contribution < -0.4 is 4.74 Å². The van der Waals surface area contributed by atoms with Gasteiger partial charge < -0.3 is 24.7 Å². The van der Waals surface area contributed by atoms with Crippen molar-refractivity contribution in [2.45, 2.75) is 38.0 Å². The van der Waals surface area contributed by atoms with Crippen molar-refractivity contribution in [3.63, 3.8) is 0 Å². The first-order valence-electron chi connectivity index (χ1n) is 15.4. The molecule has 2 aromatic heterocycles. The minimum atomic E-state index is -3.70. The number of carboxylic acid groups (broad SMARTS) is 1. The Morgan fingerprint density at radius 2 is 1.92 bits per heavy atom. The summed E-state index contributed by atoms with van der Waals surface area (Å²) >= 11 is 0. The molecule has 0 aliphatic carbocycles. The molecule has 6 rings (SSSR count). The van der Waals surface area contributed by atoms with Crippen molar-refractivity contribution in [3.8, 4) is 22.9 Å². The van der Waals surface area contributed by atoms with E-state index in [1.165, 1.54) is 42.4 Å². The number of aromatic amines is 2. The lowest BCUT2D eigenvalue weighted by atomic mass is 9.77. The molecule has 0 saturated carbocycles. The number of hydrogen-bond donors (Lipinski definition) is 3. The van der Waals surface area contributed by atoms with Crippen LogP contribution in [0.4, 0.5) is 8.78 Å². The lowest BCUT2D eigenvalue weighted by Crippen LogP contribution is -2.34. The molecule has 250 valence electrons. The Balaban J connectivity index is 1.48. The molecule has 1 atom stereocenters. The number of carboxylic acids is 1. The standard InChI is InChI=1S/C35H34F2N4O6S/c1-35(22-5-3-4-21(16-22)6-9-32(43)44)11-14-48(45,46)15-13-41(2)31(42)18-25-24-10-12-38-29(24)19-28(37)33(25)47-23-7-8-27(36)26(17-23)34-39-20-30(35)40-34/h3-5,7-8,10,12,16-17,19-20,38H,6,9,11,13-15,18H2,1-2H3,(H,39,40)(H,43,44). The van der Waals surface area contributed by atoms with Gasteiger partial charge in [-0.25, -0.2) is 22.2 Å². The number of aromatic nitrogens is 3. The number of ether oxygens (including phenoxy) is 1. The van der Waals surface area contributed by atoms with Crippen molar-refractivity contribution in [3.05, 3.63) is 101 Å². The first kappa shape index (κ1) is 32.9. The molecular weight excluding hydrogens is 642 g/mol. The first-order valence-corrected chi connectivity index (χ1v) is 17.2. The van der Waals surface area contributed by atoms with Gasteiger partial charge in [-0.2, -0.15) is 0 Å². The molecule has 3 aromatic carbocycles. The molecular formula is C35H34F2N4O6S. The lowest BCUT2D eigenvalue weighted by Gasteiger charge is -2.30. The van der Waals surface area contributed by atoms with Crippen LogP contribution in [0.15, 0.2) is 67.0 Å². The number of imidazole rings is 1. The second kappa shape index (κ2) is 12.9. The molecule has 10 nitrogen and oxygen atoms in total. The van der Waals surface area contributed by atoms with E-state index >= 15 is 8.78 Å². The average molecular weight is 677 g/mol. The number of H-pyrrole nitrogens is 2. The predicted molar refractivity (Wildman–Crippen MR) is 176 cm³/mol. The van der Waals surface area contributed by atoms with Crippen molar-refractivity contribution in [1.82, 2.24) is 19.9 Å². The van der Waals surface area contributed by atoms with E-state index in [2.05, 4.69) is 15.0 Å². The molecule has 0 fully saturated rings. The molecule has 1 unspecified atom stereocenters. The predicted octanol–water partition coefficient (Wildman–Crippen LogP) is 5.77. The van der Waals surface area contributed by atoms with Crippen molar-refractivity contribution in [2.24, 2.45) is 0 Å². The third kappa shape index (κ3) is 6.68. The Hall–Kier alpha value is -5.04. The highest BCUT2D eigenvalue weighted by atomic mass is 32.2. The molecule has 0 saturated heterocycles. The van der Waals surface area contributed by atoms with E-state index in [9.17, 15) is 23.1 Å². The number of aryl methyl sites for hydroxylation is 1. The van der Waals surface area contributed by atoms with Crippen LogP contribution in [0.1, 0.15) is 42.1 Å². The fourth-order valence-corrected chi connectivity index (χ4v) is 7.49. The lowest BCUT2D eigenvalue weighted by molar-refractivity contribution is -0.137. The van der Waals surface area contributed by atoms with Crippen molar-refractivity contribution >= 4 is 32.6 Å². The molecule has 3 N–H and O–H groups in total. The van der Waals surface area contributed by atoms with E-state index in [0.29, 0.717) is 16.6 Å². The molecule has 48 heavy (non-hydrogen) atoms. The maximum Gasteiger partial charge on any atom is 0.303 e. The summed E-state index contributed by atoms with van der Waals surface area (Å²) < 4.78 is 63.8. The van der Waals surface area contributed by atoms with Gasteiger partial charge in [0.05, 0.1) is 23.5 Å². The number of nitrogens with one attached hydrogen (secondary N) is 2. The van der Waals surface area contributed by atoms with Crippen molar-refractivity contribution < 1.29 is 36.6 Å². The van der Waals surface area contributed by atoms with Crippen LogP contribution in [-0.4, -0.2) is 70.4 Å². The summed E-state index contributed by atoms with van der Waals surface area (Å²) in [5.74, 6) is -3.23. The zero-order valence-electron chi connectivity index (χ0n) is 26.3. The number of carbonyl (C=O) groups is 2. The largest absolute Gasteiger partial charge is 0.481 e. The SMILES string of the molecule is CN1CCS(=O)(=O)CCC(C)(c2cccc(CCC(=O)O)c2)c2cnc([nH]2)-c2cc(ccc2F)Oc2c(F)cc3[nH]ccc3c2CC1=O. The van der Waals surface area contributed by atoms with Gasteiger partial charge in [-0.15, -0.1) is 0 Å². The highest BCUT2D eigenvalue weighted by Crippen LogP contribution is 2.39. The number of amides is 1. The third-order valence-electron chi connectivity index (χ3n) is 9.05. The smallest absolute Gasteiger partial charge is 0.303 e. The van der Waals surface area contributed by atoms with Gasteiger partial charge in [-0.1, -0.05) is 24.3 Å². The summed E-state index contributed by atoms with van der Waals surface area (Å²) in [5, 5.41) is 9.76. The minimum absolute atomic E-state index is 0.0329. The Morgan fingerprint density at radius 3 is 2.71 bits per heavy atom. The second-order valence-electron chi connectivity index (χ2n) is 12.3. The maximum atomic E-state index is 15.6. The maximum absolute atomic E-state index is 15.6. The van der Waals surface area contributed by atoms with E-state index in [1.807, 2.05) is 25.1 Å². The summed E-state index contributed by atoms with van der Waals surface area (Å²) in [6.45, 7) is 1.77. The summed E-state index contributed by atoms with van der Waals surface area (Å²) in [5.41, 5.74) is 1.77. The van der Waals surface area contributed by atoms with Crippen molar-refractivity contribution in [2.75, 3.05) is 25.1 Å². The van der Waals surface area contributed by atoms with Crippen LogP contribution >= 0.6 is 0 Å². The highest BCUT2D eigenvalue weighted by Gasteiger charge is 2.34. The second-order valence-corrected chi connectivity index (χ2v) is 14.6. The van der Waals surface area contributed by atoms with Gasteiger partial charge in [0.2, 0.25) is 5.91 Å². The topological polar surface area (TPSA) is 145 Å². The van der Waals surface area contributed by atoms with Gasteiger partial charge in [0.15, 0.2) is 21.4 Å². The van der Waals surface area contributed by atoms with E-state index in [0.717, 1.165) is 11.1 Å². The zero-order valence-corrected chi connectivity index (χ0v) is 27.2. The fourth-order valence-electron chi connectivity index (χ4n) is 6.02. The van der Waals surface area contributed by atoms with E-state index in [1.54, 1.807) is 18.3 Å². The number of fused-ring (bicyclic) bond motifs is 8. The average Bonchev–Trinajstić information content (AvgIpc) is 3.74. The Morgan fingerprint density at radius 1 is 1.10 bits per heavy atom. The van der Waals surface area contributed by atoms with Crippen LogP contribution in [0, 0.1) is 11.6 Å². The summed E-state index contributed by atoms with van der Waals surface area (Å²) in [6, 6.07) is 14.1. The number of carbonyl (C=O) groups excluding carboxylic acids is 1. The number of rotatable bonds is 4.